The average Bonchev–Trinajstić information content (AvgIpc) is 2.73. The molecular weight excluding hydrogens is 348 g/mol. The van der Waals surface area contributed by atoms with E-state index < -0.39 is 0 Å². The van der Waals surface area contributed by atoms with Crippen LogP contribution >= 0.6 is 0 Å². The number of nitriles is 1. The van der Waals surface area contributed by atoms with Crippen LogP contribution in [0.1, 0.15) is 69.4 Å². The van der Waals surface area contributed by atoms with Gasteiger partial charge in [0.1, 0.15) is 6.07 Å². The minimum absolute atomic E-state index is 0.253. The zero-order chi connectivity index (χ0) is 20.2. The van der Waals surface area contributed by atoms with E-state index in [9.17, 15) is 4.79 Å². The lowest BCUT2D eigenvalue weighted by Crippen LogP contribution is -2.33. The molecular formula is C23H36N4O. The molecule has 1 aromatic carbocycles. The highest BCUT2D eigenvalue weighted by atomic mass is 16.1. The van der Waals surface area contributed by atoms with E-state index in [0.717, 1.165) is 70.3 Å². The van der Waals surface area contributed by atoms with Gasteiger partial charge in [-0.15, -0.1) is 0 Å². The van der Waals surface area contributed by atoms with Crippen molar-refractivity contribution in [2.24, 2.45) is 5.92 Å². The Balaban J connectivity index is 1.66. The highest BCUT2D eigenvalue weighted by molar-refractivity contribution is 5.78. The van der Waals surface area contributed by atoms with Gasteiger partial charge in [-0.2, -0.15) is 5.26 Å². The van der Waals surface area contributed by atoms with Crippen LogP contribution in [-0.4, -0.2) is 37.0 Å². The number of carbonyl (C=O) groups excluding carboxylic acids is 1. The van der Waals surface area contributed by atoms with E-state index >= 15 is 0 Å². The van der Waals surface area contributed by atoms with Crippen LogP contribution in [0.2, 0.25) is 0 Å². The summed E-state index contributed by atoms with van der Waals surface area (Å²) < 4.78 is 0. The van der Waals surface area contributed by atoms with Crippen molar-refractivity contribution in [3.05, 3.63) is 29.3 Å². The van der Waals surface area contributed by atoms with E-state index in [0.29, 0.717) is 11.3 Å². The predicted molar refractivity (Wildman–Crippen MR) is 115 cm³/mol. The van der Waals surface area contributed by atoms with E-state index in [4.69, 9.17) is 11.0 Å². The van der Waals surface area contributed by atoms with Gasteiger partial charge in [-0.25, -0.2) is 0 Å². The molecule has 1 fully saturated rings. The maximum absolute atomic E-state index is 12.2. The molecule has 0 unspecified atom stereocenters. The van der Waals surface area contributed by atoms with E-state index in [-0.39, 0.29) is 11.8 Å². The van der Waals surface area contributed by atoms with Crippen LogP contribution in [0.25, 0.3) is 0 Å². The molecule has 3 N–H and O–H groups in total. The van der Waals surface area contributed by atoms with Crippen LogP contribution in [0, 0.1) is 17.2 Å². The van der Waals surface area contributed by atoms with Crippen molar-refractivity contribution < 1.29 is 4.79 Å². The van der Waals surface area contributed by atoms with Gasteiger partial charge in [-0.3, -0.25) is 4.79 Å². The monoisotopic (exact) mass is 384 g/mol. The first-order chi connectivity index (χ1) is 13.6. The molecule has 0 bridgehead atoms. The van der Waals surface area contributed by atoms with Gasteiger partial charge in [0.15, 0.2) is 0 Å². The first kappa shape index (κ1) is 22.2. The van der Waals surface area contributed by atoms with Crippen molar-refractivity contribution in [2.45, 2.75) is 64.7 Å². The molecule has 0 heterocycles. The van der Waals surface area contributed by atoms with E-state index in [1.165, 1.54) is 19.3 Å². The Hall–Kier alpha value is -2.06. The van der Waals surface area contributed by atoms with Gasteiger partial charge in [-0.05, 0) is 69.3 Å². The molecule has 1 aliphatic rings. The maximum atomic E-state index is 12.2. The SMILES string of the molecule is CCCN(CCCCNC(=O)C1CCCCC1)CCc1ccc(N)c(C#N)c1. The minimum Gasteiger partial charge on any atom is -0.398 e. The van der Waals surface area contributed by atoms with E-state index in [1.54, 1.807) is 0 Å². The first-order valence-corrected chi connectivity index (χ1v) is 10.9. The third kappa shape index (κ3) is 7.52. The summed E-state index contributed by atoms with van der Waals surface area (Å²) in [5, 5.41) is 12.3. The number of nitrogens with zero attached hydrogens (tertiary/aromatic N) is 2. The Kier molecular flexibility index (Phi) is 9.85. The van der Waals surface area contributed by atoms with Crippen molar-refractivity contribution in [3.8, 4) is 6.07 Å². The fraction of sp³-hybridized carbons (Fsp3) is 0.652. The third-order valence-electron chi connectivity index (χ3n) is 5.67. The molecule has 1 aliphatic carbocycles. The topological polar surface area (TPSA) is 82.2 Å². The Morgan fingerprint density at radius 1 is 1.21 bits per heavy atom. The molecule has 0 aromatic heterocycles. The van der Waals surface area contributed by atoms with Crippen molar-refractivity contribution in [1.29, 1.82) is 5.26 Å². The standard InChI is InChI=1S/C23H36N4O/c1-2-14-27(16-12-19-10-11-22(25)21(17-19)18-24)15-7-6-13-26-23(28)20-8-4-3-5-9-20/h10-11,17,20H,2-9,12-16,25H2,1H3,(H,26,28). The molecule has 28 heavy (non-hydrogen) atoms. The summed E-state index contributed by atoms with van der Waals surface area (Å²) in [6.45, 7) is 6.10. The van der Waals surface area contributed by atoms with Gasteiger partial charge < -0.3 is 16.0 Å². The molecule has 0 aliphatic heterocycles. The van der Waals surface area contributed by atoms with Crippen LogP contribution in [0.15, 0.2) is 18.2 Å². The highest BCUT2D eigenvalue weighted by Crippen LogP contribution is 2.23. The number of anilines is 1. The zero-order valence-corrected chi connectivity index (χ0v) is 17.4. The number of carbonyl (C=O) groups is 1. The molecule has 0 saturated heterocycles. The average molecular weight is 385 g/mol. The summed E-state index contributed by atoms with van der Waals surface area (Å²) in [4.78, 5) is 14.7. The first-order valence-electron chi connectivity index (χ1n) is 10.9. The number of benzene rings is 1. The summed E-state index contributed by atoms with van der Waals surface area (Å²) in [5.74, 6) is 0.519. The number of nitrogens with one attached hydrogen (secondary N) is 1. The highest BCUT2D eigenvalue weighted by Gasteiger charge is 2.20. The summed E-state index contributed by atoms with van der Waals surface area (Å²) in [7, 11) is 0. The van der Waals surface area contributed by atoms with Crippen molar-refractivity contribution in [2.75, 3.05) is 31.9 Å². The Labute approximate surface area is 170 Å². The zero-order valence-electron chi connectivity index (χ0n) is 17.4. The van der Waals surface area contributed by atoms with Crippen LogP contribution in [0.4, 0.5) is 5.69 Å². The van der Waals surface area contributed by atoms with Gasteiger partial charge in [0.05, 0.1) is 5.56 Å². The summed E-state index contributed by atoms with van der Waals surface area (Å²) >= 11 is 0. The van der Waals surface area contributed by atoms with Gasteiger partial charge in [0.25, 0.3) is 0 Å². The lowest BCUT2D eigenvalue weighted by Gasteiger charge is -2.22. The minimum atomic E-state index is 0.253. The quantitative estimate of drug-likeness (QED) is 0.448. The molecule has 1 saturated carbocycles. The second-order valence-corrected chi connectivity index (χ2v) is 7.96. The predicted octanol–water partition coefficient (Wildman–Crippen LogP) is 3.87. The Morgan fingerprint density at radius 2 is 2.00 bits per heavy atom. The molecule has 5 nitrogen and oxygen atoms in total. The number of amides is 1. The Morgan fingerprint density at radius 3 is 2.71 bits per heavy atom. The summed E-state index contributed by atoms with van der Waals surface area (Å²) in [6, 6.07) is 7.90. The van der Waals surface area contributed by atoms with E-state index in [1.807, 2.05) is 18.2 Å². The van der Waals surface area contributed by atoms with Crippen LogP contribution < -0.4 is 11.1 Å². The number of hydrogen-bond donors (Lipinski definition) is 2. The van der Waals surface area contributed by atoms with Crippen molar-refractivity contribution in [1.82, 2.24) is 10.2 Å². The van der Waals surface area contributed by atoms with Crippen molar-refractivity contribution >= 4 is 11.6 Å². The largest absolute Gasteiger partial charge is 0.398 e. The molecule has 0 atom stereocenters. The summed E-state index contributed by atoms with van der Waals surface area (Å²) in [5.41, 5.74) is 8.07. The molecule has 5 heteroatoms. The third-order valence-corrected chi connectivity index (χ3v) is 5.67. The number of nitrogen functional groups attached to an aromatic ring is 1. The van der Waals surface area contributed by atoms with Gasteiger partial charge in [-0.1, -0.05) is 32.3 Å². The smallest absolute Gasteiger partial charge is 0.223 e. The molecule has 0 radical (unpaired) electrons. The maximum Gasteiger partial charge on any atom is 0.223 e. The fourth-order valence-electron chi connectivity index (χ4n) is 3.98. The van der Waals surface area contributed by atoms with E-state index in [2.05, 4.69) is 23.2 Å². The second-order valence-electron chi connectivity index (χ2n) is 7.96. The molecule has 1 aromatic rings. The van der Waals surface area contributed by atoms with Gasteiger partial charge in [0.2, 0.25) is 5.91 Å². The van der Waals surface area contributed by atoms with Crippen molar-refractivity contribution in [3.63, 3.8) is 0 Å². The number of unbranched alkanes of at least 4 members (excludes halogenated alkanes) is 1. The lowest BCUT2D eigenvalue weighted by molar-refractivity contribution is -0.125. The molecule has 154 valence electrons. The molecule has 0 spiro atoms. The van der Waals surface area contributed by atoms with Gasteiger partial charge in [0, 0.05) is 24.7 Å². The van der Waals surface area contributed by atoms with Crippen LogP contribution in [0.3, 0.4) is 0 Å². The normalized spacial score (nSPS) is 14.8. The lowest BCUT2D eigenvalue weighted by atomic mass is 9.89. The number of rotatable bonds is 11. The van der Waals surface area contributed by atoms with Gasteiger partial charge >= 0.3 is 0 Å². The molecule has 2 rings (SSSR count). The van der Waals surface area contributed by atoms with Crippen LogP contribution in [0.5, 0.6) is 0 Å². The number of hydrogen-bond acceptors (Lipinski definition) is 4. The van der Waals surface area contributed by atoms with Crippen LogP contribution in [-0.2, 0) is 11.2 Å². The second kappa shape index (κ2) is 12.4. The number of nitrogens with two attached hydrogens (primary N) is 1. The Bertz CT molecular complexity index is 646. The molecule has 1 amide bonds. The fourth-order valence-corrected chi connectivity index (χ4v) is 3.98. The summed E-state index contributed by atoms with van der Waals surface area (Å²) in [6.07, 6.45) is 9.99.